The van der Waals surface area contributed by atoms with E-state index in [0.29, 0.717) is 47.7 Å². The highest BCUT2D eigenvalue weighted by molar-refractivity contribution is 5.98. The van der Waals surface area contributed by atoms with E-state index in [1.54, 1.807) is 32.2 Å². The van der Waals surface area contributed by atoms with Crippen molar-refractivity contribution in [3.05, 3.63) is 59.8 Å². The van der Waals surface area contributed by atoms with Crippen molar-refractivity contribution in [1.82, 2.24) is 20.3 Å². The number of fused-ring (bicyclic) bond motifs is 1. The summed E-state index contributed by atoms with van der Waals surface area (Å²) in [6, 6.07) is 12.8. The standard InChI is InChI=1S/C28H31N5O5/c1-16(34)17-5-4-6-18(13-17)21-15-30-25-24(21)27(38-20-9-11-37-12-10-20)33-28(32-25)31-22-8-7-19(26(35)29-2)14-23(22)36-3/h4-8,13-16,20,34H,9-12H2,1-3H3,(H,29,35)(H2,30,31,32,33). The van der Waals surface area contributed by atoms with Crippen molar-refractivity contribution in [3.8, 4) is 22.8 Å². The van der Waals surface area contributed by atoms with Crippen LogP contribution in [0.4, 0.5) is 11.6 Å². The van der Waals surface area contributed by atoms with Crippen molar-refractivity contribution in [2.24, 2.45) is 0 Å². The summed E-state index contributed by atoms with van der Waals surface area (Å²) in [5.41, 5.74) is 4.29. The smallest absolute Gasteiger partial charge is 0.251 e. The molecule has 1 amide bonds. The number of anilines is 2. The fraction of sp³-hybridized carbons (Fsp3) is 0.321. The first-order valence-electron chi connectivity index (χ1n) is 12.6. The molecule has 0 aliphatic carbocycles. The first-order valence-corrected chi connectivity index (χ1v) is 12.6. The Labute approximate surface area is 220 Å². The van der Waals surface area contributed by atoms with Gasteiger partial charge in [0.2, 0.25) is 11.8 Å². The van der Waals surface area contributed by atoms with E-state index >= 15 is 0 Å². The summed E-state index contributed by atoms with van der Waals surface area (Å²) < 4.78 is 17.5. The Hall–Kier alpha value is -4.15. The van der Waals surface area contributed by atoms with Crippen molar-refractivity contribution in [2.75, 3.05) is 32.7 Å². The second-order valence-electron chi connectivity index (χ2n) is 9.13. The average Bonchev–Trinajstić information content (AvgIpc) is 3.38. The number of rotatable bonds is 8. The number of amides is 1. The van der Waals surface area contributed by atoms with Gasteiger partial charge >= 0.3 is 0 Å². The molecule has 38 heavy (non-hydrogen) atoms. The predicted octanol–water partition coefficient (Wildman–Crippen LogP) is 4.35. The SMILES string of the molecule is CNC(=O)c1ccc(Nc2nc(OC3CCOCC3)c3c(-c4cccc(C(C)O)c4)c[nH]c3n2)c(OC)c1. The van der Waals surface area contributed by atoms with Gasteiger partial charge in [-0.3, -0.25) is 4.79 Å². The molecular formula is C28H31N5O5. The summed E-state index contributed by atoms with van der Waals surface area (Å²) in [5, 5.41) is 16.7. The third kappa shape index (κ3) is 5.27. The molecular weight excluding hydrogens is 486 g/mol. The number of carbonyl (C=O) groups excluding carboxylic acids is 1. The van der Waals surface area contributed by atoms with Crippen LogP contribution in [-0.2, 0) is 4.74 Å². The number of nitrogens with one attached hydrogen (secondary N) is 3. The van der Waals surface area contributed by atoms with E-state index in [0.717, 1.165) is 34.9 Å². The van der Waals surface area contributed by atoms with Crippen LogP contribution in [0.25, 0.3) is 22.2 Å². The summed E-state index contributed by atoms with van der Waals surface area (Å²) in [4.78, 5) is 24.8. The molecule has 4 aromatic rings. The average molecular weight is 518 g/mol. The molecule has 1 aliphatic heterocycles. The monoisotopic (exact) mass is 517 g/mol. The number of aliphatic hydroxyl groups excluding tert-OH is 1. The van der Waals surface area contributed by atoms with Gasteiger partial charge in [0.05, 0.1) is 37.5 Å². The molecule has 1 unspecified atom stereocenters. The minimum atomic E-state index is -0.588. The fourth-order valence-electron chi connectivity index (χ4n) is 4.49. The van der Waals surface area contributed by atoms with Gasteiger partial charge in [-0.25, -0.2) is 0 Å². The molecule has 198 valence electrons. The lowest BCUT2D eigenvalue weighted by Crippen LogP contribution is -2.26. The second kappa shape index (κ2) is 11.1. The number of benzene rings is 2. The zero-order valence-electron chi connectivity index (χ0n) is 21.6. The van der Waals surface area contributed by atoms with E-state index < -0.39 is 6.10 Å². The normalized spacial score (nSPS) is 14.7. The lowest BCUT2D eigenvalue weighted by molar-refractivity contribution is 0.0244. The number of ether oxygens (including phenoxy) is 3. The molecule has 2 aromatic heterocycles. The van der Waals surface area contributed by atoms with Crippen molar-refractivity contribution >= 4 is 28.6 Å². The Kier molecular flexibility index (Phi) is 7.43. The molecule has 10 heteroatoms. The largest absolute Gasteiger partial charge is 0.495 e. The fourth-order valence-corrected chi connectivity index (χ4v) is 4.49. The van der Waals surface area contributed by atoms with Crippen LogP contribution in [0.2, 0.25) is 0 Å². The van der Waals surface area contributed by atoms with Gasteiger partial charge in [-0.2, -0.15) is 9.97 Å². The van der Waals surface area contributed by atoms with Gasteiger partial charge in [-0.1, -0.05) is 18.2 Å². The quantitative estimate of drug-likeness (QED) is 0.271. The van der Waals surface area contributed by atoms with Gasteiger partial charge in [0.25, 0.3) is 5.91 Å². The van der Waals surface area contributed by atoms with Crippen molar-refractivity contribution in [2.45, 2.75) is 32.0 Å². The van der Waals surface area contributed by atoms with Gasteiger partial charge in [0.15, 0.2) is 0 Å². The van der Waals surface area contributed by atoms with Crippen LogP contribution in [0.3, 0.4) is 0 Å². The lowest BCUT2D eigenvalue weighted by atomic mass is 10.0. The Bertz CT molecular complexity index is 1450. The highest BCUT2D eigenvalue weighted by atomic mass is 16.5. The number of H-pyrrole nitrogens is 1. The first-order chi connectivity index (χ1) is 18.5. The van der Waals surface area contributed by atoms with Crippen LogP contribution in [-0.4, -0.2) is 59.4 Å². The van der Waals surface area contributed by atoms with Gasteiger partial charge in [0.1, 0.15) is 17.5 Å². The van der Waals surface area contributed by atoms with E-state index in [9.17, 15) is 9.90 Å². The van der Waals surface area contributed by atoms with Gasteiger partial charge < -0.3 is 34.9 Å². The lowest BCUT2D eigenvalue weighted by Gasteiger charge is -2.23. The van der Waals surface area contributed by atoms with Crippen LogP contribution in [0.5, 0.6) is 11.6 Å². The number of aliphatic hydroxyl groups is 1. The molecule has 1 aliphatic rings. The number of aromatic amines is 1. The molecule has 1 saturated heterocycles. The Balaban J connectivity index is 1.56. The molecule has 10 nitrogen and oxygen atoms in total. The second-order valence-corrected chi connectivity index (χ2v) is 9.13. The third-order valence-corrected chi connectivity index (χ3v) is 6.56. The maximum atomic E-state index is 12.1. The molecule has 3 heterocycles. The summed E-state index contributed by atoms with van der Waals surface area (Å²) in [6.07, 6.45) is 2.78. The Morgan fingerprint density at radius 3 is 2.74 bits per heavy atom. The number of aromatic nitrogens is 3. The Morgan fingerprint density at radius 1 is 1.18 bits per heavy atom. The molecule has 0 bridgehead atoms. The molecule has 1 atom stereocenters. The third-order valence-electron chi connectivity index (χ3n) is 6.56. The predicted molar refractivity (Wildman–Crippen MR) is 144 cm³/mol. The number of hydrogen-bond acceptors (Lipinski definition) is 8. The Morgan fingerprint density at radius 2 is 2.00 bits per heavy atom. The maximum absolute atomic E-state index is 12.1. The van der Waals surface area contributed by atoms with Crippen LogP contribution in [0, 0.1) is 0 Å². The summed E-state index contributed by atoms with van der Waals surface area (Å²) in [5.74, 6) is 1.03. The molecule has 5 rings (SSSR count). The zero-order valence-corrected chi connectivity index (χ0v) is 21.6. The summed E-state index contributed by atoms with van der Waals surface area (Å²) in [6.45, 7) is 3.01. The molecule has 1 fully saturated rings. The zero-order chi connectivity index (χ0) is 26.6. The summed E-state index contributed by atoms with van der Waals surface area (Å²) >= 11 is 0. The van der Waals surface area contributed by atoms with Crippen LogP contribution >= 0.6 is 0 Å². The molecule has 2 aromatic carbocycles. The highest BCUT2D eigenvalue weighted by Gasteiger charge is 2.22. The van der Waals surface area contributed by atoms with Gasteiger partial charge in [-0.05, 0) is 42.3 Å². The van der Waals surface area contributed by atoms with Gasteiger partial charge in [0, 0.05) is 37.2 Å². The van der Waals surface area contributed by atoms with E-state index in [-0.39, 0.29) is 12.0 Å². The topological polar surface area (TPSA) is 131 Å². The van der Waals surface area contributed by atoms with E-state index in [4.69, 9.17) is 24.2 Å². The number of carbonyl (C=O) groups is 1. The molecule has 0 radical (unpaired) electrons. The molecule has 4 N–H and O–H groups in total. The van der Waals surface area contributed by atoms with Crippen molar-refractivity contribution in [3.63, 3.8) is 0 Å². The molecule has 0 spiro atoms. The van der Waals surface area contributed by atoms with Crippen LogP contribution < -0.4 is 20.1 Å². The van der Waals surface area contributed by atoms with E-state index in [1.165, 1.54) is 7.11 Å². The highest BCUT2D eigenvalue weighted by Crippen LogP contribution is 2.37. The number of nitrogens with zero attached hydrogens (tertiary/aromatic N) is 2. The van der Waals surface area contributed by atoms with Gasteiger partial charge in [-0.15, -0.1) is 0 Å². The van der Waals surface area contributed by atoms with E-state index in [2.05, 4.69) is 15.6 Å². The summed E-state index contributed by atoms with van der Waals surface area (Å²) in [7, 11) is 3.12. The van der Waals surface area contributed by atoms with Crippen molar-refractivity contribution in [1.29, 1.82) is 0 Å². The van der Waals surface area contributed by atoms with Crippen LogP contribution in [0.15, 0.2) is 48.7 Å². The number of methoxy groups -OCH3 is 1. The molecule has 0 saturated carbocycles. The maximum Gasteiger partial charge on any atom is 0.251 e. The number of hydrogen-bond donors (Lipinski definition) is 4. The van der Waals surface area contributed by atoms with Crippen LogP contribution in [0.1, 0.15) is 41.8 Å². The van der Waals surface area contributed by atoms with E-state index in [1.807, 2.05) is 30.5 Å². The minimum Gasteiger partial charge on any atom is -0.495 e. The minimum absolute atomic E-state index is 0.0392. The van der Waals surface area contributed by atoms with Crippen molar-refractivity contribution < 1.29 is 24.1 Å². The first kappa shape index (κ1) is 25.5.